The van der Waals surface area contributed by atoms with Crippen molar-refractivity contribution in [2.75, 3.05) is 18.1 Å². The molecule has 22 heavy (non-hydrogen) atoms. The van der Waals surface area contributed by atoms with E-state index in [9.17, 15) is 9.59 Å². The lowest BCUT2D eigenvalue weighted by Crippen LogP contribution is -2.40. The van der Waals surface area contributed by atoms with Crippen molar-refractivity contribution in [3.05, 3.63) is 24.3 Å². The molecule has 0 aliphatic carbocycles. The van der Waals surface area contributed by atoms with E-state index in [4.69, 9.17) is 44.3 Å². The fraction of sp³-hybridized carbons (Fsp3) is 0.429. The van der Waals surface area contributed by atoms with Gasteiger partial charge < -0.3 is 14.4 Å². The van der Waals surface area contributed by atoms with E-state index in [0.29, 0.717) is 11.4 Å². The first-order valence-corrected chi connectivity index (χ1v) is 7.71. The summed E-state index contributed by atoms with van der Waals surface area (Å²) < 4.78 is 8.66. The molecule has 1 aliphatic rings. The topological polar surface area (TPSA) is 55.8 Å². The largest absolute Gasteiger partial charge is 0.482 e. The highest BCUT2D eigenvalue weighted by atomic mass is 35.6. The highest BCUT2D eigenvalue weighted by molar-refractivity contribution is 6.68. The number of anilines is 1. The van der Waals surface area contributed by atoms with Crippen molar-refractivity contribution in [3.8, 4) is 5.75 Å². The molecule has 8 heteroatoms. The van der Waals surface area contributed by atoms with Crippen molar-refractivity contribution in [1.82, 2.24) is 0 Å². The molecule has 1 aromatic carbocycles. The number of fused-ring (bicyclic) bond motifs is 1. The van der Waals surface area contributed by atoms with Gasteiger partial charge in [-0.1, -0.05) is 46.9 Å². The highest BCUT2D eigenvalue weighted by Gasteiger charge is 2.32. The number of amides is 1. The first-order chi connectivity index (χ1) is 10.3. The number of carbonyl (C=O) groups excluding carboxylic acids is 2. The van der Waals surface area contributed by atoms with Crippen LogP contribution in [0.2, 0.25) is 0 Å². The summed E-state index contributed by atoms with van der Waals surface area (Å²) in [5.74, 6) is -0.165. The maximum atomic E-state index is 11.9. The van der Waals surface area contributed by atoms with E-state index in [2.05, 4.69) is 0 Å². The third-order valence-corrected chi connectivity index (χ3v) is 4.04. The molecular formula is C14H14Cl3NO4. The van der Waals surface area contributed by atoms with E-state index in [1.165, 1.54) is 11.8 Å². The summed E-state index contributed by atoms with van der Waals surface area (Å²) in [4.78, 5) is 25.2. The minimum absolute atomic E-state index is 0.00877. The number of esters is 1. The van der Waals surface area contributed by atoms with Gasteiger partial charge in [0.05, 0.1) is 12.1 Å². The minimum atomic E-state index is -1.68. The monoisotopic (exact) mass is 365 g/mol. The van der Waals surface area contributed by atoms with Crippen LogP contribution in [0, 0.1) is 0 Å². The molecule has 0 unspecified atom stereocenters. The molecule has 1 aromatic rings. The highest BCUT2D eigenvalue weighted by Crippen LogP contribution is 2.33. The number of ether oxygens (including phenoxy) is 2. The summed E-state index contributed by atoms with van der Waals surface area (Å²) in [6.45, 7) is 1.60. The summed E-state index contributed by atoms with van der Waals surface area (Å²) in [5, 5.41) is 0. The predicted molar refractivity (Wildman–Crippen MR) is 84.8 cm³/mol. The number of halogens is 3. The van der Waals surface area contributed by atoms with Crippen LogP contribution in [0.25, 0.3) is 0 Å². The fourth-order valence-corrected chi connectivity index (χ4v) is 2.06. The summed E-state index contributed by atoms with van der Waals surface area (Å²) in [6.07, 6.45) is -0.886. The molecule has 0 bridgehead atoms. The van der Waals surface area contributed by atoms with Gasteiger partial charge in [0.2, 0.25) is 3.79 Å². The van der Waals surface area contributed by atoms with Crippen LogP contribution in [-0.2, 0) is 14.3 Å². The van der Waals surface area contributed by atoms with Crippen LogP contribution in [0.5, 0.6) is 5.75 Å². The van der Waals surface area contributed by atoms with Gasteiger partial charge in [-0.15, -0.1) is 0 Å². The number of hydrogen-bond donors (Lipinski definition) is 0. The standard InChI is InChI=1S/C14H14Cl3NO4/c1-9(14(15,16)17)22-13(20)6-7-18-10-4-2-3-5-11(10)21-8-12(18)19/h2-5,9H,6-8H2,1H3/t9-/m0/s1. The van der Waals surface area contributed by atoms with E-state index in [1.807, 2.05) is 6.07 Å². The lowest BCUT2D eigenvalue weighted by molar-refractivity contribution is -0.147. The Bertz CT molecular complexity index is 573. The van der Waals surface area contributed by atoms with E-state index in [0.717, 1.165) is 0 Å². The zero-order valence-corrected chi connectivity index (χ0v) is 14.0. The first-order valence-electron chi connectivity index (χ1n) is 6.57. The zero-order chi connectivity index (χ0) is 16.3. The SMILES string of the molecule is C[C@H](OC(=O)CCN1C(=O)COc2ccccc21)C(Cl)(Cl)Cl. The van der Waals surface area contributed by atoms with Gasteiger partial charge in [0.25, 0.3) is 5.91 Å². The van der Waals surface area contributed by atoms with Crippen LogP contribution >= 0.6 is 34.8 Å². The average Bonchev–Trinajstić information content (AvgIpc) is 2.45. The maximum Gasteiger partial charge on any atom is 0.308 e. The molecule has 1 aliphatic heterocycles. The van der Waals surface area contributed by atoms with Gasteiger partial charge in [0.1, 0.15) is 11.9 Å². The molecule has 1 atom stereocenters. The number of rotatable bonds is 4. The Morgan fingerprint density at radius 1 is 1.41 bits per heavy atom. The lowest BCUT2D eigenvalue weighted by atomic mass is 10.2. The van der Waals surface area contributed by atoms with Crippen LogP contribution in [0.3, 0.4) is 0 Å². The van der Waals surface area contributed by atoms with Crippen molar-refractivity contribution in [2.45, 2.75) is 23.2 Å². The third kappa shape index (κ3) is 4.18. The Labute approximate surface area is 143 Å². The Hall–Kier alpha value is -1.17. The molecule has 0 saturated heterocycles. The Balaban J connectivity index is 1.97. The Kier molecular flexibility index (Phi) is 5.42. The average molecular weight is 367 g/mol. The van der Waals surface area contributed by atoms with Crippen molar-refractivity contribution in [2.24, 2.45) is 0 Å². The predicted octanol–water partition coefficient (Wildman–Crippen LogP) is 3.10. The van der Waals surface area contributed by atoms with Crippen molar-refractivity contribution in [1.29, 1.82) is 0 Å². The molecule has 0 fully saturated rings. The second kappa shape index (κ2) is 6.94. The molecule has 120 valence electrons. The van der Waals surface area contributed by atoms with Gasteiger partial charge in [-0.3, -0.25) is 9.59 Å². The summed E-state index contributed by atoms with van der Waals surface area (Å²) in [6, 6.07) is 7.11. The van der Waals surface area contributed by atoms with Crippen LogP contribution in [-0.4, -0.2) is 34.9 Å². The quantitative estimate of drug-likeness (QED) is 0.607. The van der Waals surface area contributed by atoms with Gasteiger partial charge in [-0.05, 0) is 19.1 Å². The number of alkyl halides is 3. The molecule has 0 radical (unpaired) electrons. The molecule has 2 rings (SSSR count). The molecule has 0 spiro atoms. The third-order valence-electron chi connectivity index (χ3n) is 3.12. The number of nitrogens with zero attached hydrogens (tertiary/aromatic N) is 1. The second-order valence-electron chi connectivity index (χ2n) is 4.73. The summed E-state index contributed by atoms with van der Waals surface area (Å²) in [5.41, 5.74) is 0.626. The number of benzene rings is 1. The first kappa shape index (κ1) is 17.2. The van der Waals surface area contributed by atoms with Crippen LogP contribution in [0.4, 0.5) is 5.69 Å². The maximum absolute atomic E-state index is 11.9. The van der Waals surface area contributed by atoms with Crippen LogP contribution in [0.15, 0.2) is 24.3 Å². The normalized spacial score (nSPS) is 15.8. The van der Waals surface area contributed by atoms with Gasteiger partial charge in [0, 0.05) is 6.54 Å². The number of para-hydroxylation sites is 2. The molecule has 0 aromatic heterocycles. The molecular weight excluding hydrogens is 353 g/mol. The van der Waals surface area contributed by atoms with Crippen LogP contribution < -0.4 is 9.64 Å². The van der Waals surface area contributed by atoms with Crippen molar-refractivity contribution in [3.63, 3.8) is 0 Å². The number of carbonyl (C=O) groups is 2. The molecule has 0 saturated carbocycles. The van der Waals surface area contributed by atoms with Crippen LogP contribution in [0.1, 0.15) is 13.3 Å². The van der Waals surface area contributed by atoms with Gasteiger partial charge in [-0.2, -0.15) is 0 Å². The van der Waals surface area contributed by atoms with E-state index in [1.54, 1.807) is 18.2 Å². The van der Waals surface area contributed by atoms with E-state index in [-0.39, 0.29) is 25.5 Å². The second-order valence-corrected chi connectivity index (χ2v) is 7.09. The van der Waals surface area contributed by atoms with Crippen molar-refractivity contribution < 1.29 is 19.1 Å². The lowest BCUT2D eigenvalue weighted by Gasteiger charge is -2.29. The van der Waals surface area contributed by atoms with Gasteiger partial charge in [0.15, 0.2) is 6.61 Å². The zero-order valence-electron chi connectivity index (χ0n) is 11.7. The Morgan fingerprint density at radius 2 is 2.09 bits per heavy atom. The van der Waals surface area contributed by atoms with E-state index < -0.39 is 15.9 Å². The molecule has 1 amide bonds. The van der Waals surface area contributed by atoms with Gasteiger partial charge in [-0.25, -0.2) is 0 Å². The number of hydrogen-bond acceptors (Lipinski definition) is 4. The molecule has 0 N–H and O–H groups in total. The minimum Gasteiger partial charge on any atom is -0.482 e. The Morgan fingerprint density at radius 3 is 2.77 bits per heavy atom. The fourth-order valence-electron chi connectivity index (χ4n) is 1.93. The molecule has 1 heterocycles. The smallest absolute Gasteiger partial charge is 0.308 e. The van der Waals surface area contributed by atoms with Gasteiger partial charge >= 0.3 is 5.97 Å². The summed E-state index contributed by atoms with van der Waals surface area (Å²) >= 11 is 16.9. The van der Waals surface area contributed by atoms with E-state index >= 15 is 0 Å². The summed E-state index contributed by atoms with van der Waals surface area (Å²) in [7, 11) is 0. The molecule has 5 nitrogen and oxygen atoms in total. The van der Waals surface area contributed by atoms with Crippen molar-refractivity contribution >= 4 is 52.4 Å².